The maximum atomic E-state index is 12.1. The Morgan fingerprint density at radius 2 is 2.26 bits per heavy atom. The Labute approximate surface area is 111 Å². The molecule has 19 heavy (non-hydrogen) atoms. The van der Waals surface area contributed by atoms with E-state index >= 15 is 0 Å². The third-order valence-electron chi connectivity index (χ3n) is 3.38. The Morgan fingerprint density at radius 3 is 3.11 bits per heavy atom. The van der Waals surface area contributed by atoms with Crippen molar-refractivity contribution in [3.8, 4) is 5.75 Å². The zero-order valence-electron chi connectivity index (χ0n) is 10.6. The molecule has 1 aliphatic heterocycles. The number of aromatic amines is 1. The second-order valence-corrected chi connectivity index (χ2v) is 4.76. The first-order valence-corrected chi connectivity index (χ1v) is 6.43. The summed E-state index contributed by atoms with van der Waals surface area (Å²) in [6.07, 6.45) is 4.48. The molecule has 1 amide bonds. The van der Waals surface area contributed by atoms with Gasteiger partial charge in [-0.2, -0.15) is 0 Å². The van der Waals surface area contributed by atoms with Crippen molar-refractivity contribution in [3.05, 3.63) is 53.9 Å². The second-order valence-electron chi connectivity index (χ2n) is 4.76. The number of benzene rings is 1. The normalized spacial score (nSPS) is 17.4. The molecule has 1 aliphatic rings. The summed E-state index contributed by atoms with van der Waals surface area (Å²) in [5, 5.41) is 2.95. The molecule has 1 aromatic heterocycles. The summed E-state index contributed by atoms with van der Waals surface area (Å²) in [5.41, 5.74) is 2.18. The van der Waals surface area contributed by atoms with Crippen LogP contribution in [-0.2, 0) is 17.8 Å². The van der Waals surface area contributed by atoms with Crippen LogP contribution in [0.25, 0.3) is 0 Å². The highest BCUT2D eigenvalue weighted by Gasteiger charge is 2.25. The van der Waals surface area contributed by atoms with Crippen LogP contribution in [0.4, 0.5) is 0 Å². The molecule has 4 nitrogen and oxygen atoms in total. The van der Waals surface area contributed by atoms with Gasteiger partial charge in [0.25, 0.3) is 0 Å². The number of nitrogens with one attached hydrogen (secondary N) is 2. The van der Waals surface area contributed by atoms with Gasteiger partial charge in [-0.25, -0.2) is 0 Å². The molecule has 0 saturated carbocycles. The predicted octanol–water partition coefficient (Wildman–Crippen LogP) is 1.88. The van der Waals surface area contributed by atoms with Gasteiger partial charge in [0.15, 0.2) is 0 Å². The molecule has 1 aromatic carbocycles. The Morgan fingerprint density at radius 1 is 1.37 bits per heavy atom. The van der Waals surface area contributed by atoms with Gasteiger partial charge < -0.3 is 15.0 Å². The van der Waals surface area contributed by atoms with Crippen LogP contribution in [0, 0.1) is 5.92 Å². The Bertz CT molecular complexity index is 563. The number of rotatable bonds is 3. The Kier molecular flexibility index (Phi) is 3.23. The lowest BCUT2D eigenvalue weighted by Gasteiger charge is -2.24. The van der Waals surface area contributed by atoms with Crippen LogP contribution >= 0.6 is 0 Å². The number of para-hydroxylation sites is 1. The lowest BCUT2D eigenvalue weighted by molar-refractivity contribution is -0.126. The van der Waals surface area contributed by atoms with Gasteiger partial charge in [0, 0.05) is 18.9 Å². The predicted molar refractivity (Wildman–Crippen MR) is 71.8 cm³/mol. The molecule has 3 rings (SSSR count). The maximum Gasteiger partial charge on any atom is 0.227 e. The molecule has 4 heteroatoms. The number of aromatic nitrogens is 1. The van der Waals surface area contributed by atoms with Crippen molar-refractivity contribution in [2.45, 2.75) is 13.0 Å². The largest absolute Gasteiger partial charge is 0.492 e. The number of carbonyl (C=O) groups excluding carboxylic acids is 1. The van der Waals surface area contributed by atoms with Crippen molar-refractivity contribution in [2.75, 3.05) is 6.61 Å². The van der Waals surface area contributed by atoms with E-state index < -0.39 is 0 Å². The van der Waals surface area contributed by atoms with Crippen LogP contribution in [0.1, 0.15) is 11.1 Å². The SMILES string of the molecule is O=C(NCc1cc[nH]c1)C1COc2ccccc2C1. The number of hydrogen-bond donors (Lipinski definition) is 2. The van der Waals surface area contributed by atoms with Gasteiger partial charge in [0.05, 0.1) is 5.92 Å². The molecule has 1 unspecified atom stereocenters. The van der Waals surface area contributed by atoms with Crippen molar-refractivity contribution in [1.29, 1.82) is 0 Å². The fourth-order valence-electron chi connectivity index (χ4n) is 2.30. The van der Waals surface area contributed by atoms with Gasteiger partial charge in [0.1, 0.15) is 12.4 Å². The average Bonchev–Trinajstić information content (AvgIpc) is 2.97. The summed E-state index contributed by atoms with van der Waals surface area (Å²) >= 11 is 0. The van der Waals surface area contributed by atoms with E-state index in [1.165, 1.54) is 0 Å². The van der Waals surface area contributed by atoms with Crippen molar-refractivity contribution in [2.24, 2.45) is 5.92 Å². The van der Waals surface area contributed by atoms with Gasteiger partial charge in [0.2, 0.25) is 5.91 Å². The monoisotopic (exact) mass is 256 g/mol. The van der Waals surface area contributed by atoms with Gasteiger partial charge in [-0.3, -0.25) is 4.79 Å². The van der Waals surface area contributed by atoms with E-state index in [1.54, 1.807) is 0 Å². The molecule has 0 fully saturated rings. The summed E-state index contributed by atoms with van der Waals surface area (Å²) in [6.45, 7) is 1.01. The number of H-pyrrole nitrogens is 1. The molecule has 2 heterocycles. The highest BCUT2D eigenvalue weighted by molar-refractivity contribution is 5.79. The number of ether oxygens (including phenoxy) is 1. The highest BCUT2D eigenvalue weighted by Crippen LogP contribution is 2.26. The minimum atomic E-state index is -0.103. The van der Waals surface area contributed by atoms with Crippen LogP contribution in [0.3, 0.4) is 0 Å². The standard InChI is InChI=1S/C15H16N2O2/c18-15(17-9-11-5-6-16-8-11)13-7-12-3-1-2-4-14(12)19-10-13/h1-6,8,13,16H,7,9-10H2,(H,17,18). The average molecular weight is 256 g/mol. The first-order valence-electron chi connectivity index (χ1n) is 6.43. The van der Waals surface area contributed by atoms with E-state index in [0.29, 0.717) is 13.2 Å². The Balaban J connectivity index is 1.60. The number of fused-ring (bicyclic) bond motifs is 1. The topological polar surface area (TPSA) is 54.1 Å². The molecule has 0 aliphatic carbocycles. The molecule has 0 radical (unpaired) electrons. The minimum Gasteiger partial charge on any atom is -0.492 e. The number of carbonyl (C=O) groups is 1. The van der Waals surface area contributed by atoms with E-state index in [2.05, 4.69) is 10.3 Å². The molecule has 0 saturated heterocycles. The van der Waals surface area contributed by atoms with Crippen molar-refractivity contribution < 1.29 is 9.53 Å². The zero-order valence-corrected chi connectivity index (χ0v) is 10.6. The van der Waals surface area contributed by atoms with Crippen LogP contribution in [0.5, 0.6) is 5.75 Å². The molecule has 1 atom stereocenters. The lowest BCUT2D eigenvalue weighted by atomic mass is 9.96. The number of amides is 1. The van der Waals surface area contributed by atoms with Crippen LogP contribution < -0.4 is 10.1 Å². The summed E-state index contributed by atoms with van der Waals surface area (Å²) in [5.74, 6) is 0.849. The van der Waals surface area contributed by atoms with Gasteiger partial charge in [-0.05, 0) is 29.7 Å². The van der Waals surface area contributed by atoms with E-state index in [4.69, 9.17) is 4.74 Å². The van der Waals surface area contributed by atoms with Gasteiger partial charge >= 0.3 is 0 Å². The van der Waals surface area contributed by atoms with E-state index in [-0.39, 0.29) is 11.8 Å². The number of hydrogen-bond acceptors (Lipinski definition) is 2. The fourth-order valence-corrected chi connectivity index (χ4v) is 2.30. The smallest absolute Gasteiger partial charge is 0.227 e. The maximum absolute atomic E-state index is 12.1. The quantitative estimate of drug-likeness (QED) is 0.881. The molecule has 2 N–H and O–H groups in total. The minimum absolute atomic E-state index is 0.0516. The second kappa shape index (κ2) is 5.18. The molecule has 0 bridgehead atoms. The van der Waals surface area contributed by atoms with Crippen molar-refractivity contribution in [1.82, 2.24) is 10.3 Å². The van der Waals surface area contributed by atoms with Gasteiger partial charge in [-0.1, -0.05) is 18.2 Å². The third kappa shape index (κ3) is 2.62. The van der Waals surface area contributed by atoms with Gasteiger partial charge in [-0.15, -0.1) is 0 Å². The van der Waals surface area contributed by atoms with Crippen molar-refractivity contribution >= 4 is 5.91 Å². The molecule has 98 valence electrons. The zero-order chi connectivity index (χ0) is 13.1. The first-order chi connectivity index (χ1) is 9.33. The molecular weight excluding hydrogens is 240 g/mol. The summed E-state index contributed by atoms with van der Waals surface area (Å²) in [4.78, 5) is 15.1. The molecule has 2 aromatic rings. The van der Waals surface area contributed by atoms with Crippen LogP contribution in [0.2, 0.25) is 0 Å². The molecular formula is C15H16N2O2. The highest BCUT2D eigenvalue weighted by atomic mass is 16.5. The fraction of sp³-hybridized carbons (Fsp3) is 0.267. The summed E-state index contributed by atoms with van der Waals surface area (Å²) in [7, 11) is 0. The van der Waals surface area contributed by atoms with E-state index in [0.717, 1.165) is 23.3 Å². The third-order valence-corrected chi connectivity index (χ3v) is 3.38. The van der Waals surface area contributed by atoms with Crippen LogP contribution in [0.15, 0.2) is 42.7 Å². The summed E-state index contributed by atoms with van der Waals surface area (Å²) < 4.78 is 5.63. The van der Waals surface area contributed by atoms with E-state index in [9.17, 15) is 4.79 Å². The Hall–Kier alpha value is -2.23. The lowest BCUT2D eigenvalue weighted by Crippen LogP contribution is -2.36. The summed E-state index contributed by atoms with van der Waals surface area (Å²) in [6, 6.07) is 9.84. The molecule has 0 spiro atoms. The van der Waals surface area contributed by atoms with Crippen LogP contribution in [-0.4, -0.2) is 17.5 Å². The van der Waals surface area contributed by atoms with E-state index in [1.807, 2.05) is 42.7 Å². The first kappa shape index (κ1) is 11.8. The van der Waals surface area contributed by atoms with Crippen molar-refractivity contribution in [3.63, 3.8) is 0 Å².